The molecule has 10 heavy (non-hydrogen) atoms. The maximum absolute atomic E-state index is 12.4. The highest BCUT2D eigenvalue weighted by molar-refractivity contribution is 6.30. The van der Waals surface area contributed by atoms with Crippen LogP contribution in [-0.2, 0) is 6.42 Å². The van der Waals surface area contributed by atoms with E-state index >= 15 is 0 Å². The van der Waals surface area contributed by atoms with Crippen LogP contribution in [0.4, 0.5) is 4.39 Å². The van der Waals surface area contributed by atoms with Gasteiger partial charge in [0.2, 0.25) is 0 Å². The molecule has 1 rings (SSSR count). The second-order valence-electron chi connectivity index (χ2n) is 1.94. The Labute approximate surface area is 63.8 Å². The highest BCUT2D eigenvalue weighted by Gasteiger charge is 1.99. The first-order chi connectivity index (χ1) is 4.74. The van der Waals surface area contributed by atoms with E-state index in [1.165, 1.54) is 6.07 Å². The summed E-state index contributed by atoms with van der Waals surface area (Å²) >= 11 is 5.48. The Morgan fingerprint density at radius 1 is 1.70 bits per heavy atom. The van der Waals surface area contributed by atoms with Gasteiger partial charge in [-0.2, -0.15) is 0 Å². The molecule has 1 aromatic rings. The SMILES string of the molecule is CCc1cc(Cl)c(F)cn1. The molecule has 0 radical (unpaired) electrons. The van der Waals surface area contributed by atoms with Crippen LogP contribution in [0, 0.1) is 5.82 Å². The molecule has 1 aromatic heterocycles. The van der Waals surface area contributed by atoms with E-state index in [1.807, 2.05) is 6.92 Å². The molecule has 0 N–H and O–H groups in total. The molecule has 0 fully saturated rings. The molecule has 3 heteroatoms. The minimum Gasteiger partial charge on any atom is -0.258 e. The van der Waals surface area contributed by atoms with E-state index in [2.05, 4.69) is 4.98 Å². The fraction of sp³-hybridized carbons (Fsp3) is 0.286. The lowest BCUT2D eigenvalue weighted by Crippen LogP contribution is -1.87. The summed E-state index contributed by atoms with van der Waals surface area (Å²) in [5.41, 5.74) is 0.811. The molecule has 0 aromatic carbocycles. The van der Waals surface area contributed by atoms with Crippen molar-refractivity contribution in [3.05, 3.63) is 28.8 Å². The monoisotopic (exact) mass is 159 g/mol. The van der Waals surface area contributed by atoms with Gasteiger partial charge >= 0.3 is 0 Å². The quantitative estimate of drug-likeness (QED) is 0.614. The highest BCUT2D eigenvalue weighted by Crippen LogP contribution is 2.13. The van der Waals surface area contributed by atoms with Gasteiger partial charge in [0, 0.05) is 5.69 Å². The molecular weight excluding hydrogens is 153 g/mol. The van der Waals surface area contributed by atoms with Crippen LogP contribution < -0.4 is 0 Å². The van der Waals surface area contributed by atoms with Crippen LogP contribution in [0.15, 0.2) is 12.3 Å². The Hall–Kier alpha value is -0.630. The summed E-state index contributed by atoms with van der Waals surface area (Å²) in [5.74, 6) is -0.459. The van der Waals surface area contributed by atoms with Crippen molar-refractivity contribution < 1.29 is 4.39 Å². The van der Waals surface area contributed by atoms with Crippen molar-refractivity contribution >= 4 is 11.6 Å². The summed E-state index contributed by atoms with van der Waals surface area (Å²) in [6.45, 7) is 1.94. The van der Waals surface area contributed by atoms with E-state index in [1.54, 1.807) is 0 Å². The molecule has 1 nitrogen and oxygen atoms in total. The molecule has 0 amide bonds. The predicted octanol–water partition coefficient (Wildman–Crippen LogP) is 2.44. The van der Waals surface area contributed by atoms with E-state index in [0.717, 1.165) is 18.3 Å². The minimum absolute atomic E-state index is 0.145. The fourth-order valence-electron chi connectivity index (χ4n) is 0.647. The second kappa shape index (κ2) is 2.97. The number of halogens is 2. The highest BCUT2D eigenvalue weighted by atomic mass is 35.5. The third-order valence-corrected chi connectivity index (χ3v) is 1.52. The molecule has 0 spiro atoms. The normalized spacial score (nSPS) is 9.90. The first kappa shape index (κ1) is 7.48. The number of aromatic nitrogens is 1. The molecule has 0 unspecified atom stereocenters. The van der Waals surface area contributed by atoms with Crippen LogP contribution in [0.2, 0.25) is 5.02 Å². The third-order valence-electron chi connectivity index (χ3n) is 1.23. The Bertz CT molecular complexity index is 237. The molecule has 1 heterocycles. The van der Waals surface area contributed by atoms with Crippen molar-refractivity contribution in [2.45, 2.75) is 13.3 Å². The van der Waals surface area contributed by atoms with Crippen LogP contribution in [0.25, 0.3) is 0 Å². The Kier molecular flexibility index (Phi) is 2.22. The van der Waals surface area contributed by atoms with Gasteiger partial charge in [-0.05, 0) is 12.5 Å². The Balaban J connectivity index is 3.04. The lowest BCUT2D eigenvalue weighted by Gasteiger charge is -1.95. The van der Waals surface area contributed by atoms with Crippen LogP contribution >= 0.6 is 11.6 Å². The second-order valence-corrected chi connectivity index (χ2v) is 2.35. The van der Waals surface area contributed by atoms with Crippen LogP contribution in [0.3, 0.4) is 0 Å². The number of hydrogen-bond donors (Lipinski definition) is 0. The zero-order valence-corrected chi connectivity index (χ0v) is 6.32. The van der Waals surface area contributed by atoms with Gasteiger partial charge in [-0.25, -0.2) is 4.39 Å². The van der Waals surface area contributed by atoms with Gasteiger partial charge in [0.1, 0.15) is 0 Å². The van der Waals surface area contributed by atoms with Crippen LogP contribution in [0.1, 0.15) is 12.6 Å². The average molecular weight is 160 g/mol. The van der Waals surface area contributed by atoms with Gasteiger partial charge < -0.3 is 0 Å². The summed E-state index contributed by atoms with van der Waals surface area (Å²) in [6, 6.07) is 1.54. The molecule has 0 aliphatic rings. The molecule has 0 saturated carbocycles. The maximum Gasteiger partial charge on any atom is 0.160 e. The Morgan fingerprint density at radius 3 is 2.90 bits per heavy atom. The molecular formula is C7H7ClFN. The number of hydrogen-bond acceptors (Lipinski definition) is 1. The number of rotatable bonds is 1. The van der Waals surface area contributed by atoms with Crippen LogP contribution in [-0.4, -0.2) is 4.98 Å². The lowest BCUT2D eigenvalue weighted by atomic mass is 10.3. The Morgan fingerprint density at radius 2 is 2.40 bits per heavy atom. The van der Waals surface area contributed by atoms with Crippen molar-refractivity contribution in [1.29, 1.82) is 0 Å². The minimum atomic E-state index is -0.459. The van der Waals surface area contributed by atoms with E-state index in [9.17, 15) is 4.39 Å². The molecule has 0 bridgehead atoms. The summed E-state index contributed by atoms with van der Waals surface area (Å²) < 4.78 is 12.4. The number of pyridine rings is 1. The summed E-state index contributed by atoms with van der Waals surface area (Å²) in [5, 5.41) is 0.145. The van der Waals surface area contributed by atoms with Crippen molar-refractivity contribution in [2.24, 2.45) is 0 Å². The van der Waals surface area contributed by atoms with Crippen molar-refractivity contribution in [3.8, 4) is 0 Å². The van der Waals surface area contributed by atoms with Crippen molar-refractivity contribution in [2.75, 3.05) is 0 Å². The van der Waals surface area contributed by atoms with Crippen molar-refractivity contribution in [3.63, 3.8) is 0 Å². The molecule has 0 saturated heterocycles. The largest absolute Gasteiger partial charge is 0.258 e. The van der Waals surface area contributed by atoms with Gasteiger partial charge in [0.05, 0.1) is 11.2 Å². The first-order valence-electron chi connectivity index (χ1n) is 3.04. The molecule has 54 valence electrons. The summed E-state index contributed by atoms with van der Waals surface area (Å²) in [4.78, 5) is 3.80. The zero-order valence-electron chi connectivity index (χ0n) is 5.56. The average Bonchev–Trinajstić information content (AvgIpc) is 1.95. The van der Waals surface area contributed by atoms with E-state index in [-0.39, 0.29) is 5.02 Å². The number of aryl methyl sites for hydroxylation is 1. The van der Waals surface area contributed by atoms with E-state index in [0.29, 0.717) is 0 Å². The van der Waals surface area contributed by atoms with Crippen molar-refractivity contribution in [1.82, 2.24) is 4.98 Å². The molecule has 0 aliphatic heterocycles. The van der Waals surface area contributed by atoms with Gasteiger partial charge in [-0.3, -0.25) is 4.98 Å². The topological polar surface area (TPSA) is 12.9 Å². The number of nitrogens with zero attached hydrogens (tertiary/aromatic N) is 1. The van der Waals surface area contributed by atoms with Gasteiger partial charge in [-0.1, -0.05) is 18.5 Å². The smallest absolute Gasteiger partial charge is 0.160 e. The molecule has 0 aliphatic carbocycles. The summed E-state index contributed by atoms with van der Waals surface area (Å²) in [7, 11) is 0. The standard InChI is InChI=1S/C7H7ClFN/c1-2-5-3-6(8)7(9)4-10-5/h3-4H,2H2,1H3. The maximum atomic E-state index is 12.4. The lowest BCUT2D eigenvalue weighted by molar-refractivity contribution is 0.620. The summed E-state index contributed by atoms with van der Waals surface area (Å²) in [6.07, 6.45) is 1.92. The fourth-order valence-corrected chi connectivity index (χ4v) is 0.822. The van der Waals surface area contributed by atoms with E-state index < -0.39 is 5.82 Å². The van der Waals surface area contributed by atoms with Gasteiger partial charge in [0.15, 0.2) is 5.82 Å². The first-order valence-corrected chi connectivity index (χ1v) is 3.41. The third kappa shape index (κ3) is 1.45. The van der Waals surface area contributed by atoms with Gasteiger partial charge in [0.25, 0.3) is 0 Å². The van der Waals surface area contributed by atoms with E-state index in [4.69, 9.17) is 11.6 Å². The molecule has 0 atom stereocenters. The van der Waals surface area contributed by atoms with Crippen LogP contribution in [0.5, 0.6) is 0 Å². The zero-order chi connectivity index (χ0) is 7.56. The van der Waals surface area contributed by atoms with Gasteiger partial charge in [-0.15, -0.1) is 0 Å². The predicted molar refractivity (Wildman–Crippen MR) is 38.6 cm³/mol.